The fourth-order valence-corrected chi connectivity index (χ4v) is 3.73. The predicted molar refractivity (Wildman–Crippen MR) is 126 cm³/mol. The lowest BCUT2D eigenvalue weighted by Crippen LogP contribution is -2.21. The van der Waals surface area contributed by atoms with Crippen LogP contribution >= 0.6 is 43.5 Å². The first-order chi connectivity index (χ1) is 14.9. The lowest BCUT2D eigenvalue weighted by atomic mass is 10.2. The zero-order valence-corrected chi connectivity index (χ0v) is 20.1. The summed E-state index contributed by atoms with van der Waals surface area (Å²) in [5, 5.41) is 15.6. The molecule has 0 aromatic heterocycles. The maximum atomic E-state index is 10.8. The Morgan fingerprint density at radius 3 is 2.52 bits per heavy atom. The lowest BCUT2D eigenvalue weighted by molar-refractivity contribution is -0.255. The van der Waals surface area contributed by atoms with E-state index in [2.05, 4.69) is 42.4 Å². The number of benzene rings is 3. The highest BCUT2D eigenvalue weighted by molar-refractivity contribution is 9.13. The number of hydrogen-bond acceptors (Lipinski definition) is 6. The van der Waals surface area contributed by atoms with Crippen LogP contribution in [0.15, 0.2) is 68.6 Å². The third-order valence-electron chi connectivity index (χ3n) is 4.22. The highest BCUT2D eigenvalue weighted by atomic mass is 79.9. The Balaban J connectivity index is 1.77. The van der Waals surface area contributed by atoms with Crippen LogP contribution in [0.2, 0.25) is 5.02 Å². The molecule has 9 heteroatoms. The first kappa shape index (κ1) is 23.1. The van der Waals surface area contributed by atoms with Crippen LogP contribution in [0.3, 0.4) is 0 Å². The van der Waals surface area contributed by atoms with E-state index >= 15 is 0 Å². The van der Waals surface area contributed by atoms with Crippen LogP contribution in [-0.2, 0) is 6.61 Å². The molecule has 0 amide bonds. The maximum Gasteiger partial charge on any atom is 0.177 e. The number of nitrogens with one attached hydrogen (secondary N) is 1. The van der Waals surface area contributed by atoms with Gasteiger partial charge in [0.25, 0.3) is 0 Å². The van der Waals surface area contributed by atoms with Crippen LogP contribution in [0.4, 0.5) is 5.69 Å². The molecule has 0 spiro atoms. The fraction of sp³-hybridized carbons (Fsp3) is 0.0909. The van der Waals surface area contributed by atoms with Crippen molar-refractivity contribution in [3.63, 3.8) is 0 Å². The van der Waals surface area contributed by atoms with Crippen molar-refractivity contribution in [3.05, 3.63) is 85.3 Å². The minimum absolute atomic E-state index is 0.0957. The molecule has 0 aliphatic carbocycles. The van der Waals surface area contributed by atoms with Crippen molar-refractivity contribution < 1.29 is 19.4 Å². The number of methoxy groups -OCH3 is 1. The Morgan fingerprint density at radius 1 is 1.16 bits per heavy atom. The third-order valence-corrected chi connectivity index (χ3v) is 6.74. The van der Waals surface area contributed by atoms with Gasteiger partial charge >= 0.3 is 0 Å². The lowest BCUT2D eigenvalue weighted by Gasteiger charge is -2.16. The van der Waals surface area contributed by atoms with Crippen molar-refractivity contribution in [1.29, 1.82) is 0 Å². The highest BCUT2D eigenvalue weighted by Crippen LogP contribution is 2.42. The summed E-state index contributed by atoms with van der Waals surface area (Å²) >= 11 is 13.3. The minimum atomic E-state index is -1.23. The zero-order chi connectivity index (χ0) is 22.4. The molecule has 0 unspecified atom stereocenters. The second-order valence-corrected chi connectivity index (χ2v) is 8.23. The third kappa shape index (κ3) is 5.78. The van der Waals surface area contributed by atoms with Gasteiger partial charge in [0.15, 0.2) is 11.5 Å². The van der Waals surface area contributed by atoms with Crippen LogP contribution in [0.5, 0.6) is 11.5 Å². The van der Waals surface area contributed by atoms with Gasteiger partial charge in [0.05, 0.1) is 29.5 Å². The summed E-state index contributed by atoms with van der Waals surface area (Å²) in [6.45, 7) is 0.276. The average molecular weight is 568 g/mol. The number of aromatic carboxylic acids is 1. The Hall–Kier alpha value is -2.55. The summed E-state index contributed by atoms with van der Waals surface area (Å²) in [6.07, 6.45) is 1.60. The Labute approximate surface area is 201 Å². The number of carbonyl (C=O) groups excluding carboxylic acids is 1. The number of hydrazone groups is 1. The number of carboxylic acids is 1. The van der Waals surface area contributed by atoms with E-state index in [0.29, 0.717) is 26.7 Å². The quantitative estimate of drug-likeness (QED) is 0.297. The molecule has 0 bridgehead atoms. The van der Waals surface area contributed by atoms with Crippen LogP contribution in [0.25, 0.3) is 0 Å². The standard InChI is InChI=1S/C22H17Br2ClN2O4/c1-30-18-10-15(11-26-27-16-8-6-13(7-9-16)22(28)29)19(23)20(24)21(18)31-12-14-4-2-3-5-17(14)25/h2-11,27H,12H2,1H3,(H,28,29)/p-1. The van der Waals surface area contributed by atoms with Gasteiger partial charge in [-0.15, -0.1) is 0 Å². The maximum absolute atomic E-state index is 10.8. The number of ether oxygens (including phenoxy) is 2. The number of rotatable bonds is 8. The number of nitrogens with zero attached hydrogens (tertiary/aromatic N) is 1. The van der Waals surface area contributed by atoms with Crippen molar-refractivity contribution >= 4 is 61.3 Å². The topological polar surface area (TPSA) is 83.0 Å². The van der Waals surface area contributed by atoms with Gasteiger partial charge in [-0.3, -0.25) is 5.43 Å². The molecule has 1 N–H and O–H groups in total. The molecule has 0 atom stereocenters. The smallest absolute Gasteiger partial charge is 0.177 e. The molecule has 0 aliphatic heterocycles. The Kier molecular flexibility index (Phi) is 7.95. The molecule has 3 aromatic rings. The van der Waals surface area contributed by atoms with Crippen molar-refractivity contribution in [3.8, 4) is 11.5 Å². The van der Waals surface area contributed by atoms with E-state index in [1.165, 1.54) is 12.1 Å². The van der Waals surface area contributed by atoms with Gasteiger partial charge in [-0.2, -0.15) is 5.10 Å². The molecule has 0 aliphatic rings. The SMILES string of the molecule is COc1cc(C=NNc2ccc(C(=O)[O-])cc2)c(Br)c(Br)c1OCc1ccccc1Cl. The van der Waals surface area contributed by atoms with E-state index in [1.807, 2.05) is 18.2 Å². The Morgan fingerprint density at radius 2 is 1.87 bits per heavy atom. The molecule has 0 radical (unpaired) electrons. The van der Waals surface area contributed by atoms with Gasteiger partial charge in [0.1, 0.15) is 6.61 Å². The molecular formula is C22H16Br2ClN2O4-. The Bertz CT molecular complexity index is 1120. The molecule has 31 heavy (non-hydrogen) atoms. The van der Waals surface area contributed by atoms with E-state index in [4.69, 9.17) is 21.1 Å². The molecule has 0 heterocycles. The van der Waals surface area contributed by atoms with Gasteiger partial charge in [-0.05, 0) is 61.7 Å². The summed E-state index contributed by atoms with van der Waals surface area (Å²) in [5.41, 5.74) is 5.15. The fourth-order valence-electron chi connectivity index (χ4n) is 2.61. The predicted octanol–water partition coefficient (Wildman–Crippen LogP) is 5.26. The van der Waals surface area contributed by atoms with Crippen LogP contribution in [0.1, 0.15) is 21.5 Å². The molecule has 160 valence electrons. The summed E-state index contributed by atoms with van der Waals surface area (Å²) in [7, 11) is 1.55. The molecule has 0 saturated heterocycles. The molecule has 0 saturated carbocycles. The highest BCUT2D eigenvalue weighted by Gasteiger charge is 2.17. The first-order valence-electron chi connectivity index (χ1n) is 8.93. The van der Waals surface area contributed by atoms with Gasteiger partial charge in [-0.25, -0.2) is 0 Å². The number of hydrogen-bond donors (Lipinski definition) is 1. The molecular weight excluding hydrogens is 552 g/mol. The van der Waals surface area contributed by atoms with Crippen molar-refractivity contribution in [2.45, 2.75) is 6.61 Å². The monoisotopic (exact) mass is 565 g/mol. The molecule has 3 aromatic carbocycles. The summed E-state index contributed by atoms with van der Waals surface area (Å²) in [4.78, 5) is 10.8. The minimum Gasteiger partial charge on any atom is -0.545 e. The van der Waals surface area contributed by atoms with E-state index in [9.17, 15) is 9.90 Å². The van der Waals surface area contributed by atoms with E-state index in [1.54, 1.807) is 37.6 Å². The largest absolute Gasteiger partial charge is 0.545 e. The van der Waals surface area contributed by atoms with Gasteiger partial charge in [0.2, 0.25) is 0 Å². The number of carboxylic acid groups (broad SMARTS) is 1. The van der Waals surface area contributed by atoms with Crippen molar-refractivity contribution in [2.24, 2.45) is 5.10 Å². The van der Waals surface area contributed by atoms with Crippen LogP contribution < -0.4 is 20.0 Å². The van der Waals surface area contributed by atoms with Crippen LogP contribution in [0, 0.1) is 0 Å². The second kappa shape index (κ2) is 10.7. The number of carbonyl (C=O) groups is 1. The summed E-state index contributed by atoms with van der Waals surface area (Å²) < 4.78 is 12.8. The van der Waals surface area contributed by atoms with Gasteiger partial charge in [-0.1, -0.05) is 41.9 Å². The van der Waals surface area contributed by atoms with Crippen molar-refractivity contribution in [1.82, 2.24) is 0 Å². The van der Waals surface area contributed by atoms with Gasteiger partial charge in [0, 0.05) is 20.6 Å². The molecule has 0 fully saturated rings. The number of anilines is 1. The molecule has 3 rings (SSSR count). The van der Waals surface area contributed by atoms with Crippen molar-refractivity contribution in [2.75, 3.05) is 12.5 Å². The van der Waals surface area contributed by atoms with E-state index in [0.717, 1.165) is 15.6 Å². The number of halogens is 3. The van der Waals surface area contributed by atoms with E-state index < -0.39 is 5.97 Å². The van der Waals surface area contributed by atoms with Gasteiger partial charge < -0.3 is 19.4 Å². The zero-order valence-electron chi connectivity index (χ0n) is 16.2. The normalized spacial score (nSPS) is 10.8. The first-order valence-corrected chi connectivity index (χ1v) is 10.9. The second-order valence-electron chi connectivity index (χ2n) is 6.24. The molecule has 6 nitrogen and oxygen atoms in total. The van der Waals surface area contributed by atoms with E-state index in [-0.39, 0.29) is 12.2 Å². The van der Waals surface area contributed by atoms with Crippen LogP contribution in [-0.4, -0.2) is 19.3 Å². The average Bonchev–Trinajstić information content (AvgIpc) is 2.77. The summed E-state index contributed by atoms with van der Waals surface area (Å²) in [5.74, 6) is -0.188. The summed E-state index contributed by atoms with van der Waals surface area (Å²) in [6, 6.07) is 15.3.